The van der Waals surface area contributed by atoms with Crippen LogP contribution < -0.4 is 5.32 Å². The topological polar surface area (TPSA) is 50.2 Å². The normalized spacial score (nSPS) is 23.3. The molecular weight excluding hydrogens is 356 g/mol. The van der Waals surface area contributed by atoms with Gasteiger partial charge in [0.05, 0.1) is 10.5 Å². The molecule has 0 bridgehead atoms. The van der Waals surface area contributed by atoms with Gasteiger partial charge in [0.1, 0.15) is 0 Å². The average molecular weight is 385 g/mol. The second-order valence-corrected chi connectivity index (χ2v) is 9.48. The highest BCUT2D eigenvalue weighted by atomic mass is 79.9. The first kappa shape index (κ1) is 18.5. The van der Waals surface area contributed by atoms with Gasteiger partial charge in [-0.05, 0) is 54.5 Å². The van der Waals surface area contributed by atoms with E-state index in [2.05, 4.69) is 72.8 Å². The van der Waals surface area contributed by atoms with Crippen LogP contribution in [0, 0.1) is 11.3 Å². The quantitative estimate of drug-likeness (QED) is 0.846. The van der Waals surface area contributed by atoms with Crippen molar-refractivity contribution in [3.05, 3.63) is 10.7 Å². The second kappa shape index (κ2) is 6.20. The molecule has 1 fully saturated rings. The SMILES string of the molecule is Cn1cc(Br)c(NC(=O)[C@@H]2CC(C(C)(C)C)CN2C(C)(C)C)n1. The van der Waals surface area contributed by atoms with E-state index in [4.69, 9.17) is 0 Å². The van der Waals surface area contributed by atoms with E-state index in [1.54, 1.807) is 4.68 Å². The summed E-state index contributed by atoms with van der Waals surface area (Å²) in [5.41, 5.74) is 0.160. The van der Waals surface area contributed by atoms with Crippen LogP contribution >= 0.6 is 15.9 Å². The van der Waals surface area contributed by atoms with Crippen molar-refractivity contribution in [1.82, 2.24) is 14.7 Å². The molecule has 1 saturated heterocycles. The molecule has 0 aromatic carbocycles. The number of nitrogens with zero attached hydrogens (tertiary/aromatic N) is 3. The Morgan fingerprint density at radius 2 is 1.91 bits per heavy atom. The first-order valence-corrected chi connectivity index (χ1v) is 8.95. The maximum Gasteiger partial charge on any atom is 0.242 e. The van der Waals surface area contributed by atoms with Gasteiger partial charge < -0.3 is 5.32 Å². The lowest BCUT2D eigenvalue weighted by Crippen LogP contribution is -2.49. The average Bonchev–Trinajstić information content (AvgIpc) is 2.92. The fourth-order valence-corrected chi connectivity index (χ4v) is 3.67. The van der Waals surface area contributed by atoms with Gasteiger partial charge in [-0.15, -0.1) is 0 Å². The number of aryl methyl sites for hydroxylation is 1. The number of hydrogen-bond acceptors (Lipinski definition) is 3. The molecule has 1 aliphatic heterocycles. The lowest BCUT2D eigenvalue weighted by molar-refractivity contribution is -0.122. The molecule has 1 N–H and O–H groups in total. The van der Waals surface area contributed by atoms with Gasteiger partial charge in [-0.1, -0.05) is 20.8 Å². The van der Waals surface area contributed by atoms with Crippen molar-refractivity contribution in [2.24, 2.45) is 18.4 Å². The minimum Gasteiger partial charge on any atom is -0.307 e. The van der Waals surface area contributed by atoms with E-state index in [9.17, 15) is 4.79 Å². The summed E-state index contributed by atoms with van der Waals surface area (Å²) in [7, 11) is 1.84. The summed E-state index contributed by atoms with van der Waals surface area (Å²) < 4.78 is 2.49. The first-order chi connectivity index (χ1) is 10.4. The Labute approximate surface area is 147 Å². The molecule has 1 aromatic rings. The van der Waals surface area contributed by atoms with Crippen molar-refractivity contribution in [1.29, 1.82) is 0 Å². The van der Waals surface area contributed by atoms with Gasteiger partial charge >= 0.3 is 0 Å². The van der Waals surface area contributed by atoms with Gasteiger partial charge in [-0.25, -0.2) is 0 Å². The van der Waals surface area contributed by atoms with E-state index in [0.29, 0.717) is 11.7 Å². The number of rotatable bonds is 2. The van der Waals surface area contributed by atoms with Crippen molar-refractivity contribution in [3.8, 4) is 0 Å². The fraction of sp³-hybridized carbons (Fsp3) is 0.765. The van der Waals surface area contributed by atoms with Gasteiger partial charge in [-0.3, -0.25) is 14.4 Å². The Bertz CT molecular complexity index is 582. The predicted octanol–water partition coefficient (Wildman–Crippen LogP) is 3.66. The van der Waals surface area contributed by atoms with Crippen LogP contribution in [0.3, 0.4) is 0 Å². The largest absolute Gasteiger partial charge is 0.307 e. The predicted molar refractivity (Wildman–Crippen MR) is 97.3 cm³/mol. The fourth-order valence-electron chi connectivity index (χ4n) is 3.20. The minimum atomic E-state index is -0.117. The summed E-state index contributed by atoms with van der Waals surface area (Å²) in [4.78, 5) is 15.2. The molecular formula is C17H29BrN4O. The van der Waals surface area contributed by atoms with Crippen LogP contribution in [0.5, 0.6) is 0 Å². The molecule has 2 heterocycles. The van der Waals surface area contributed by atoms with E-state index >= 15 is 0 Å². The van der Waals surface area contributed by atoms with E-state index < -0.39 is 0 Å². The van der Waals surface area contributed by atoms with Crippen LogP contribution in [-0.4, -0.2) is 38.7 Å². The monoisotopic (exact) mass is 384 g/mol. The molecule has 130 valence electrons. The summed E-state index contributed by atoms with van der Waals surface area (Å²) in [6.07, 6.45) is 2.72. The Kier molecular flexibility index (Phi) is 4.98. The van der Waals surface area contributed by atoms with Gasteiger partial charge in [0.25, 0.3) is 0 Å². The van der Waals surface area contributed by atoms with Crippen LogP contribution in [0.1, 0.15) is 48.0 Å². The molecule has 23 heavy (non-hydrogen) atoms. The standard InChI is InChI=1S/C17H29BrN4O/c1-16(2,3)11-8-13(22(9-11)17(4,5)6)15(23)19-14-12(18)10-21(7)20-14/h10-11,13H,8-9H2,1-7H3,(H,19,20,23)/t11?,13-/m0/s1. The Morgan fingerprint density at radius 3 is 2.35 bits per heavy atom. The summed E-state index contributed by atoms with van der Waals surface area (Å²) in [6.45, 7) is 14.3. The van der Waals surface area contributed by atoms with Gasteiger partial charge in [0.15, 0.2) is 5.82 Å². The number of likely N-dealkylation sites (tertiary alicyclic amines) is 1. The van der Waals surface area contributed by atoms with Gasteiger partial charge in [0.2, 0.25) is 5.91 Å². The van der Waals surface area contributed by atoms with Crippen LogP contribution in [-0.2, 0) is 11.8 Å². The van der Waals surface area contributed by atoms with Crippen LogP contribution in [0.25, 0.3) is 0 Å². The minimum absolute atomic E-state index is 0.0334. The summed E-state index contributed by atoms with van der Waals surface area (Å²) in [6, 6.07) is -0.117. The second-order valence-electron chi connectivity index (χ2n) is 8.63. The van der Waals surface area contributed by atoms with E-state index in [1.165, 1.54) is 0 Å². The van der Waals surface area contributed by atoms with Crippen molar-refractivity contribution >= 4 is 27.7 Å². The van der Waals surface area contributed by atoms with E-state index in [1.807, 2.05) is 13.2 Å². The molecule has 0 aliphatic carbocycles. The van der Waals surface area contributed by atoms with Crippen molar-refractivity contribution in [2.75, 3.05) is 11.9 Å². The highest BCUT2D eigenvalue weighted by Gasteiger charge is 2.45. The van der Waals surface area contributed by atoms with Crippen molar-refractivity contribution in [2.45, 2.75) is 59.5 Å². The van der Waals surface area contributed by atoms with Crippen LogP contribution in [0.15, 0.2) is 10.7 Å². The lowest BCUT2D eigenvalue weighted by atomic mass is 9.79. The summed E-state index contributed by atoms with van der Waals surface area (Å²) in [5.74, 6) is 1.13. The van der Waals surface area contributed by atoms with Gasteiger partial charge in [0, 0.05) is 25.3 Å². The molecule has 1 unspecified atom stereocenters. The molecule has 6 heteroatoms. The van der Waals surface area contributed by atoms with Crippen LogP contribution in [0.4, 0.5) is 5.82 Å². The number of aromatic nitrogens is 2. The number of nitrogens with one attached hydrogen (secondary N) is 1. The number of hydrogen-bond donors (Lipinski definition) is 1. The molecule has 2 rings (SSSR count). The third-order valence-electron chi connectivity index (χ3n) is 4.72. The zero-order valence-electron chi connectivity index (χ0n) is 15.3. The third-order valence-corrected chi connectivity index (χ3v) is 5.30. The van der Waals surface area contributed by atoms with Crippen molar-refractivity contribution < 1.29 is 4.79 Å². The maximum atomic E-state index is 12.9. The molecule has 0 radical (unpaired) electrons. The Morgan fingerprint density at radius 1 is 1.30 bits per heavy atom. The van der Waals surface area contributed by atoms with E-state index in [0.717, 1.165) is 17.4 Å². The zero-order chi connectivity index (χ0) is 17.6. The molecule has 1 aromatic heterocycles. The maximum absolute atomic E-state index is 12.9. The molecule has 1 amide bonds. The van der Waals surface area contributed by atoms with Crippen LogP contribution in [0.2, 0.25) is 0 Å². The molecule has 0 spiro atoms. The first-order valence-electron chi connectivity index (χ1n) is 8.16. The smallest absolute Gasteiger partial charge is 0.242 e. The van der Waals surface area contributed by atoms with Gasteiger partial charge in [-0.2, -0.15) is 5.10 Å². The molecule has 2 atom stereocenters. The number of anilines is 1. The van der Waals surface area contributed by atoms with Crippen molar-refractivity contribution in [3.63, 3.8) is 0 Å². The van der Waals surface area contributed by atoms with E-state index in [-0.39, 0.29) is 22.9 Å². The summed E-state index contributed by atoms with van der Waals surface area (Å²) >= 11 is 3.44. The molecule has 0 saturated carbocycles. The number of carbonyl (C=O) groups excluding carboxylic acids is 1. The number of carbonyl (C=O) groups is 1. The summed E-state index contributed by atoms with van der Waals surface area (Å²) in [5, 5.41) is 7.28. The highest BCUT2D eigenvalue weighted by molar-refractivity contribution is 9.10. The Hall–Kier alpha value is -0.880. The lowest BCUT2D eigenvalue weighted by Gasteiger charge is -2.36. The Balaban J connectivity index is 2.20. The molecule has 1 aliphatic rings. The zero-order valence-corrected chi connectivity index (χ0v) is 16.9. The molecule has 5 nitrogen and oxygen atoms in total. The number of amides is 1. The highest BCUT2D eigenvalue weighted by Crippen LogP contribution is 2.40. The third kappa shape index (κ3) is 4.15. The number of halogens is 1.